The predicted molar refractivity (Wildman–Crippen MR) is 151 cm³/mol. The number of fused-ring (bicyclic) bond motifs is 2. The van der Waals surface area contributed by atoms with Crippen LogP contribution in [0.2, 0.25) is 10.0 Å². The number of hydrogen-bond donors (Lipinski definition) is 3. The fourth-order valence-corrected chi connectivity index (χ4v) is 5.95. The zero-order valence-electron chi connectivity index (χ0n) is 20.8. The van der Waals surface area contributed by atoms with E-state index in [2.05, 4.69) is 42.2 Å². The van der Waals surface area contributed by atoms with Gasteiger partial charge in [-0.25, -0.2) is 14.3 Å². The summed E-state index contributed by atoms with van der Waals surface area (Å²) >= 11 is 12.6. The normalized spacial score (nSPS) is 15.7. The minimum Gasteiger partial charge on any atom is -0.370 e. The van der Waals surface area contributed by atoms with Gasteiger partial charge in [-0.3, -0.25) is 10.4 Å². The summed E-state index contributed by atoms with van der Waals surface area (Å²) in [4.78, 5) is 29.6. The maximum Gasteiger partial charge on any atom is 0.333 e. The predicted octanol–water partition coefficient (Wildman–Crippen LogP) is 4.49. The molecule has 1 fully saturated rings. The number of para-hydroxylation sites is 1. The Morgan fingerprint density at radius 1 is 1.03 bits per heavy atom. The molecular weight excluding hydrogens is 523 g/mol. The number of benzene rings is 2. The van der Waals surface area contributed by atoms with Crippen molar-refractivity contribution in [3.63, 3.8) is 0 Å². The minimum atomic E-state index is -0.565. The highest BCUT2D eigenvalue weighted by Gasteiger charge is 2.20. The lowest BCUT2D eigenvalue weighted by Gasteiger charge is -2.33. The first-order valence-electron chi connectivity index (χ1n) is 12.9. The van der Waals surface area contributed by atoms with Gasteiger partial charge in [0.05, 0.1) is 21.1 Å². The molecule has 0 aliphatic carbocycles. The molecule has 2 aliphatic heterocycles. The maximum atomic E-state index is 12.9. The smallest absolute Gasteiger partial charge is 0.333 e. The molecule has 0 bridgehead atoms. The Morgan fingerprint density at radius 3 is 2.61 bits per heavy atom. The SMILES string of the molecule is N=c1c2cnc(Nc3ccc4c(c3)CCCN4CCN3CCCC3)nc2[nH]c(=O)n1-c1c(Cl)cccc1Cl. The highest BCUT2D eigenvalue weighted by atomic mass is 35.5. The van der Waals surface area contributed by atoms with Crippen molar-refractivity contribution >= 4 is 51.6 Å². The summed E-state index contributed by atoms with van der Waals surface area (Å²) in [5.74, 6) is 0.336. The van der Waals surface area contributed by atoms with Crippen molar-refractivity contribution in [3.8, 4) is 5.69 Å². The van der Waals surface area contributed by atoms with Crippen LogP contribution in [0.4, 0.5) is 17.3 Å². The monoisotopic (exact) mass is 550 g/mol. The van der Waals surface area contributed by atoms with Gasteiger partial charge in [-0.05, 0) is 74.7 Å². The van der Waals surface area contributed by atoms with Crippen LogP contribution in [-0.2, 0) is 6.42 Å². The quantitative estimate of drug-likeness (QED) is 0.326. The van der Waals surface area contributed by atoms with Gasteiger partial charge in [0.1, 0.15) is 5.49 Å². The van der Waals surface area contributed by atoms with Gasteiger partial charge in [0.2, 0.25) is 5.95 Å². The summed E-state index contributed by atoms with van der Waals surface area (Å²) in [6, 6.07) is 11.3. The molecule has 0 amide bonds. The first-order valence-corrected chi connectivity index (χ1v) is 13.6. The average Bonchev–Trinajstić information content (AvgIpc) is 3.42. The molecule has 0 radical (unpaired) electrons. The highest BCUT2D eigenvalue weighted by molar-refractivity contribution is 6.37. The summed E-state index contributed by atoms with van der Waals surface area (Å²) in [5.41, 5.74) is 3.32. The number of hydrogen-bond acceptors (Lipinski definition) is 7. The van der Waals surface area contributed by atoms with Gasteiger partial charge in [-0.1, -0.05) is 29.3 Å². The van der Waals surface area contributed by atoms with E-state index in [0.29, 0.717) is 11.3 Å². The van der Waals surface area contributed by atoms with E-state index < -0.39 is 5.69 Å². The van der Waals surface area contributed by atoms with Crippen LogP contribution in [0.15, 0.2) is 47.4 Å². The molecule has 4 heterocycles. The molecule has 0 atom stereocenters. The van der Waals surface area contributed by atoms with Crippen molar-refractivity contribution in [3.05, 3.63) is 74.2 Å². The second kappa shape index (κ2) is 10.4. The molecule has 6 rings (SSSR count). The molecule has 0 spiro atoms. The molecule has 38 heavy (non-hydrogen) atoms. The summed E-state index contributed by atoms with van der Waals surface area (Å²) in [6.07, 6.45) is 6.31. The number of halogens is 2. The first-order chi connectivity index (χ1) is 18.5. The van der Waals surface area contributed by atoms with Crippen LogP contribution in [-0.4, -0.2) is 57.1 Å². The van der Waals surface area contributed by atoms with Crippen LogP contribution < -0.4 is 21.4 Å². The van der Waals surface area contributed by atoms with E-state index in [4.69, 9.17) is 28.6 Å². The van der Waals surface area contributed by atoms with Crippen molar-refractivity contribution in [2.45, 2.75) is 25.7 Å². The Labute approximate surface area is 229 Å². The number of H-pyrrole nitrogens is 1. The molecule has 2 aliphatic rings. The Hall–Kier alpha value is -3.40. The van der Waals surface area contributed by atoms with Crippen molar-refractivity contribution in [1.82, 2.24) is 24.4 Å². The van der Waals surface area contributed by atoms with Crippen LogP contribution in [0.25, 0.3) is 16.7 Å². The second-order valence-electron chi connectivity index (χ2n) is 9.75. The molecule has 2 aromatic carbocycles. The Morgan fingerprint density at radius 2 is 1.82 bits per heavy atom. The number of nitrogens with one attached hydrogen (secondary N) is 3. The Balaban J connectivity index is 1.25. The Bertz CT molecular complexity index is 1610. The van der Waals surface area contributed by atoms with Crippen LogP contribution in [0.3, 0.4) is 0 Å². The van der Waals surface area contributed by atoms with Gasteiger partial charge in [-0.15, -0.1) is 0 Å². The van der Waals surface area contributed by atoms with Crippen molar-refractivity contribution < 1.29 is 0 Å². The largest absolute Gasteiger partial charge is 0.370 e. The van der Waals surface area contributed by atoms with Crippen LogP contribution in [0.5, 0.6) is 0 Å². The number of likely N-dealkylation sites (tertiary alicyclic amines) is 1. The van der Waals surface area contributed by atoms with Crippen LogP contribution in [0, 0.1) is 5.41 Å². The number of rotatable bonds is 6. The fraction of sp³-hybridized carbons (Fsp3) is 0.333. The lowest BCUT2D eigenvalue weighted by atomic mass is 10.0. The lowest BCUT2D eigenvalue weighted by Crippen LogP contribution is -2.36. The zero-order chi connectivity index (χ0) is 26.2. The van der Waals surface area contributed by atoms with Crippen molar-refractivity contribution in [1.29, 1.82) is 5.41 Å². The summed E-state index contributed by atoms with van der Waals surface area (Å²) < 4.78 is 1.13. The number of aromatic nitrogens is 4. The van der Waals surface area contributed by atoms with E-state index in [9.17, 15) is 4.79 Å². The molecule has 4 aromatic rings. The molecule has 196 valence electrons. The van der Waals surface area contributed by atoms with Gasteiger partial charge in [0.25, 0.3) is 0 Å². The lowest BCUT2D eigenvalue weighted by molar-refractivity contribution is 0.343. The molecular formula is C27H28Cl2N8O. The van der Waals surface area contributed by atoms with Gasteiger partial charge >= 0.3 is 5.69 Å². The molecule has 3 N–H and O–H groups in total. The van der Waals surface area contributed by atoms with E-state index in [1.807, 2.05) is 6.07 Å². The molecule has 9 nitrogen and oxygen atoms in total. The Kier molecular flexibility index (Phi) is 6.82. The third-order valence-electron chi connectivity index (χ3n) is 7.29. The van der Waals surface area contributed by atoms with Gasteiger partial charge in [0.15, 0.2) is 5.65 Å². The standard InChI is InChI=1S/C27H28Cl2N8O/c28-20-6-3-7-21(29)23(20)37-24(30)19-16-31-26(33-25(19)34-27(37)38)32-18-8-9-22-17(15-18)5-4-12-36(22)14-13-35-10-1-2-11-35/h3,6-9,15-16,30H,1-2,4-5,10-14H2,(H2,31,32,33,34,38). The summed E-state index contributed by atoms with van der Waals surface area (Å²) in [6.45, 7) is 5.69. The maximum absolute atomic E-state index is 12.9. The molecule has 11 heteroatoms. The minimum absolute atomic E-state index is 0.104. The van der Waals surface area contributed by atoms with Gasteiger partial charge in [0, 0.05) is 37.2 Å². The van der Waals surface area contributed by atoms with Crippen LogP contribution >= 0.6 is 23.2 Å². The molecule has 0 saturated carbocycles. The van der Waals surface area contributed by atoms with E-state index >= 15 is 0 Å². The number of aromatic amines is 1. The molecule has 2 aromatic heterocycles. The molecule has 0 unspecified atom stereocenters. The number of aryl methyl sites for hydroxylation is 1. The van der Waals surface area contributed by atoms with Gasteiger partial charge in [-0.2, -0.15) is 4.98 Å². The third-order valence-corrected chi connectivity index (χ3v) is 7.90. The first kappa shape index (κ1) is 24.9. The van der Waals surface area contributed by atoms with E-state index in [-0.39, 0.29) is 26.9 Å². The zero-order valence-corrected chi connectivity index (χ0v) is 22.3. The second-order valence-corrected chi connectivity index (χ2v) is 10.6. The topological polar surface area (TPSA) is 106 Å². The van der Waals surface area contributed by atoms with Gasteiger partial charge < -0.3 is 15.1 Å². The van der Waals surface area contributed by atoms with Crippen LogP contribution in [0.1, 0.15) is 24.8 Å². The van der Waals surface area contributed by atoms with E-state index in [1.165, 1.54) is 43.4 Å². The van der Waals surface area contributed by atoms with Crippen molar-refractivity contribution in [2.75, 3.05) is 42.9 Å². The van der Waals surface area contributed by atoms with Crippen molar-refractivity contribution in [2.24, 2.45) is 0 Å². The fourth-order valence-electron chi connectivity index (χ4n) is 5.39. The summed E-state index contributed by atoms with van der Waals surface area (Å²) in [5, 5.41) is 12.8. The number of anilines is 3. The highest BCUT2D eigenvalue weighted by Crippen LogP contribution is 2.31. The third kappa shape index (κ3) is 4.77. The van der Waals surface area contributed by atoms with E-state index in [1.54, 1.807) is 18.2 Å². The summed E-state index contributed by atoms with van der Waals surface area (Å²) in [7, 11) is 0. The van der Waals surface area contributed by atoms with E-state index in [0.717, 1.165) is 42.7 Å². The number of nitrogens with zero attached hydrogens (tertiary/aromatic N) is 5. The average molecular weight is 551 g/mol. The molecule has 1 saturated heterocycles.